The van der Waals surface area contributed by atoms with Gasteiger partial charge in [-0.25, -0.2) is 4.39 Å². The van der Waals surface area contributed by atoms with Crippen molar-refractivity contribution >= 4 is 0 Å². The van der Waals surface area contributed by atoms with Gasteiger partial charge in [0.2, 0.25) is 0 Å². The quantitative estimate of drug-likeness (QED) is 0.710. The van der Waals surface area contributed by atoms with Crippen LogP contribution >= 0.6 is 0 Å². The molecule has 2 aromatic rings. The van der Waals surface area contributed by atoms with E-state index in [0.29, 0.717) is 5.56 Å². The van der Waals surface area contributed by atoms with Crippen LogP contribution in [0.5, 0.6) is 0 Å². The fourth-order valence-corrected chi connectivity index (χ4v) is 1.18. The molecule has 0 unspecified atom stereocenters. The summed E-state index contributed by atoms with van der Waals surface area (Å²) < 4.78 is 13.1. The molecule has 0 bridgehead atoms. The molecule has 0 aliphatic rings. The number of nitrogens with zero attached hydrogens (tertiary/aromatic N) is 1. The molecule has 0 spiro atoms. The van der Waals surface area contributed by atoms with E-state index in [1.54, 1.807) is 25.4 Å². The largest absolute Gasteiger partial charge is 0.285 e. The first kappa shape index (κ1) is 7.98. The fraction of sp³-hybridized carbons (Fsp3) is 0.100. The van der Waals surface area contributed by atoms with E-state index in [-0.39, 0.29) is 5.82 Å². The van der Waals surface area contributed by atoms with Crippen LogP contribution in [0.4, 0.5) is 4.39 Å². The van der Waals surface area contributed by atoms with E-state index in [1.165, 1.54) is 6.07 Å². The zero-order valence-corrected chi connectivity index (χ0v) is 7.21. The highest BCUT2D eigenvalue weighted by Gasteiger charge is 2.01. The predicted molar refractivity (Wildman–Crippen MR) is 48.7 cm³/mol. The SMILES string of the molecule is Cc1ccc(-c2cn[nH]c2)cc1F. The Hall–Kier alpha value is -1.64. The van der Waals surface area contributed by atoms with E-state index in [4.69, 9.17) is 0 Å². The number of nitrogens with one attached hydrogen (secondary N) is 1. The van der Waals surface area contributed by atoms with Crippen LogP contribution in [0.1, 0.15) is 5.56 Å². The summed E-state index contributed by atoms with van der Waals surface area (Å²) in [5.74, 6) is -0.182. The van der Waals surface area contributed by atoms with Gasteiger partial charge in [0.05, 0.1) is 6.20 Å². The monoisotopic (exact) mass is 176 g/mol. The number of rotatable bonds is 1. The predicted octanol–water partition coefficient (Wildman–Crippen LogP) is 2.52. The summed E-state index contributed by atoms with van der Waals surface area (Å²) >= 11 is 0. The first-order valence-corrected chi connectivity index (χ1v) is 4.02. The molecule has 0 fully saturated rings. The molecule has 2 rings (SSSR count). The molecule has 3 heteroatoms. The highest BCUT2D eigenvalue weighted by molar-refractivity contribution is 5.61. The average Bonchev–Trinajstić information content (AvgIpc) is 2.62. The minimum Gasteiger partial charge on any atom is -0.285 e. The maximum atomic E-state index is 13.1. The van der Waals surface area contributed by atoms with Gasteiger partial charge in [-0.15, -0.1) is 0 Å². The maximum absolute atomic E-state index is 13.1. The van der Waals surface area contributed by atoms with Gasteiger partial charge >= 0.3 is 0 Å². The number of hydrogen-bond acceptors (Lipinski definition) is 1. The van der Waals surface area contributed by atoms with Crippen LogP contribution in [-0.2, 0) is 0 Å². The molecule has 0 aliphatic carbocycles. The molecule has 0 amide bonds. The standard InChI is InChI=1S/C10H9FN2/c1-7-2-3-8(4-10(7)11)9-5-12-13-6-9/h2-6H,1H3,(H,12,13). The second-order valence-electron chi connectivity index (χ2n) is 2.95. The zero-order chi connectivity index (χ0) is 9.26. The van der Waals surface area contributed by atoms with Crippen molar-refractivity contribution in [2.75, 3.05) is 0 Å². The van der Waals surface area contributed by atoms with E-state index in [1.807, 2.05) is 6.07 Å². The Morgan fingerprint density at radius 3 is 2.77 bits per heavy atom. The lowest BCUT2D eigenvalue weighted by atomic mass is 10.1. The zero-order valence-electron chi connectivity index (χ0n) is 7.21. The third-order valence-corrected chi connectivity index (χ3v) is 2.00. The Labute approximate surface area is 75.4 Å². The van der Waals surface area contributed by atoms with Gasteiger partial charge in [-0.1, -0.05) is 12.1 Å². The van der Waals surface area contributed by atoms with Gasteiger partial charge < -0.3 is 0 Å². The minimum atomic E-state index is -0.182. The van der Waals surface area contributed by atoms with Crippen LogP contribution in [-0.4, -0.2) is 10.2 Å². The molecule has 1 aromatic carbocycles. The maximum Gasteiger partial charge on any atom is 0.126 e. The molecule has 0 radical (unpaired) electrons. The van der Waals surface area contributed by atoms with Gasteiger partial charge in [-0.05, 0) is 24.1 Å². The highest BCUT2D eigenvalue weighted by atomic mass is 19.1. The number of aromatic amines is 1. The van der Waals surface area contributed by atoms with Crippen LogP contribution in [0, 0.1) is 12.7 Å². The molecule has 1 N–H and O–H groups in total. The summed E-state index contributed by atoms with van der Waals surface area (Å²) in [7, 11) is 0. The second kappa shape index (κ2) is 3.01. The number of benzene rings is 1. The fourth-order valence-electron chi connectivity index (χ4n) is 1.18. The summed E-state index contributed by atoms with van der Waals surface area (Å²) in [4.78, 5) is 0. The summed E-state index contributed by atoms with van der Waals surface area (Å²) in [5, 5.41) is 6.49. The lowest BCUT2D eigenvalue weighted by Gasteiger charge is -1.99. The molecule has 0 atom stereocenters. The number of halogens is 1. The van der Waals surface area contributed by atoms with Gasteiger partial charge in [0, 0.05) is 11.8 Å². The topological polar surface area (TPSA) is 28.7 Å². The molecule has 0 saturated heterocycles. The smallest absolute Gasteiger partial charge is 0.126 e. The van der Waals surface area contributed by atoms with E-state index in [9.17, 15) is 4.39 Å². The Morgan fingerprint density at radius 2 is 2.15 bits per heavy atom. The lowest BCUT2D eigenvalue weighted by Crippen LogP contribution is -1.82. The average molecular weight is 176 g/mol. The summed E-state index contributed by atoms with van der Waals surface area (Å²) in [6.07, 6.45) is 3.41. The molecule has 2 nitrogen and oxygen atoms in total. The van der Waals surface area contributed by atoms with Crippen LogP contribution in [0.25, 0.3) is 11.1 Å². The third kappa shape index (κ3) is 1.45. The van der Waals surface area contributed by atoms with Crippen molar-refractivity contribution in [3.63, 3.8) is 0 Å². The van der Waals surface area contributed by atoms with Crippen LogP contribution in [0.3, 0.4) is 0 Å². The Morgan fingerprint density at radius 1 is 1.31 bits per heavy atom. The van der Waals surface area contributed by atoms with Crippen molar-refractivity contribution in [3.05, 3.63) is 42.0 Å². The van der Waals surface area contributed by atoms with Gasteiger partial charge in [-0.3, -0.25) is 5.10 Å². The third-order valence-electron chi connectivity index (χ3n) is 2.00. The molecular formula is C10H9FN2. The second-order valence-corrected chi connectivity index (χ2v) is 2.95. The first-order chi connectivity index (χ1) is 6.27. The number of aryl methyl sites for hydroxylation is 1. The van der Waals surface area contributed by atoms with Gasteiger partial charge in [-0.2, -0.15) is 5.10 Å². The van der Waals surface area contributed by atoms with Crippen molar-refractivity contribution < 1.29 is 4.39 Å². The van der Waals surface area contributed by atoms with Crippen molar-refractivity contribution in [1.29, 1.82) is 0 Å². The molecule has 0 aliphatic heterocycles. The van der Waals surface area contributed by atoms with Crippen molar-refractivity contribution in [2.45, 2.75) is 6.92 Å². The Bertz CT molecular complexity index is 407. The molecule has 13 heavy (non-hydrogen) atoms. The van der Waals surface area contributed by atoms with Crippen molar-refractivity contribution in [3.8, 4) is 11.1 Å². The number of hydrogen-bond donors (Lipinski definition) is 1. The molecule has 1 aromatic heterocycles. The van der Waals surface area contributed by atoms with E-state index >= 15 is 0 Å². The molecular weight excluding hydrogens is 167 g/mol. The summed E-state index contributed by atoms with van der Waals surface area (Å²) in [6, 6.07) is 5.15. The van der Waals surface area contributed by atoms with E-state index < -0.39 is 0 Å². The van der Waals surface area contributed by atoms with Gasteiger partial charge in [0.1, 0.15) is 5.82 Å². The van der Waals surface area contributed by atoms with Crippen LogP contribution in [0.15, 0.2) is 30.6 Å². The Balaban J connectivity index is 2.49. The highest BCUT2D eigenvalue weighted by Crippen LogP contribution is 2.19. The van der Waals surface area contributed by atoms with Gasteiger partial charge in [0.15, 0.2) is 0 Å². The Kier molecular flexibility index (Phi) is 1.85. The normalized spacial score (nSPS) is 10.3. The van der Waals surface area contributed by atoms with E-state index in [0.717, 1.165) is 11.1 Å². The lowest BCUT2D eigenvalue weighted by molar-refractivity contribution is 0.619. The van der Waals surface area contributed by atoms with Crippen molar-refractivity contribution in [2.24, 2.45) is 0 Å². The van der Waals surface area contributed by atoms with E-state index in [2.05, 4.69) is 10.2 Å². The van der Waals surface area contributed by atoms with Crippen LogP contribution in [0.2, 0.25) is 0 Å². The molecule has 0 saturated carbocycles. The summed E-state index contributed by atoms with van der Waals surface area (Å²) in [5.41, 5.74) is 2.41. The molecule has 66 valence electrons. The minimum absolute atomic E-state index is 0.182. The number of aromatic nitrogens is 2. The number of H-pyrrole nitrogens is 1. The van der Waals surface area contributed by atoms with Crippen molar-refractivity contribution in [1.82, 2.24) is 10.2 Å². The van der Waals surface area contributed by atoms with Gasteiger partial charge in [0.25, 0.3) is 0 Å². The molecule has 1 heterocycles. The van der Waals surface area contributed by atoms with Crippen LogP contribution < -0.4 is 0 Å². The summed E-state index contributed by atoms with van der Waals surface area (Å²) in [6.45, 7) is 1.74. The first-order valence-electron chi connectivity index (χ1n) is 4.02.